The average molecular weight is 500 g/mol. The molecule has 188 valence electrons. The molecular weight excluding hydrogens is 468 g/mol. The fourth-order valence-corrected chi connectivity index (χ4v) is 4.88. The highest BCUT2D eigenvalue weighted by atomic mass is 32.2. The summed E-state index contributed by atoms with van der Waals surface area (Å²) in [4.78, 5) is 39.0. The second-order valence-electron chi connectivity index (χ2n) is 9.65. The second kappa shape index (κ2) is 10.6. The number of carbonyl (C=O) groups is 3. The minimum absolute atomic E-state index is 0.0499. The number of rotatable bonds is 7. The third-order valence-electron chi connectivity index (χ3n) is 5.96. The Morgan fingerprint density at radius 2 is 1.88 bits per heavy atom. The van der Waals surface area contributed by atoms with Gasteiger partial charge >= 0.3 is 6.03 Å². The largest absolute Gasteiger partial charge is 0.381 e. The van der Waals surface area contributed by atoms with Crippen LogP contribution in [0.1, 0.15) is 57.2 Å². The molecule has 1 aromatic rings. The summed E-state index contributed by atoms with van der Waals surface area (Å²) in [5.74, 6) is -3.86. The zero-order valence-electron chi connectivity index (χ0n) is 19.7. The molecule has 1 unspecified atom stereocenters. The first-order chi connectivity index (χ1) is 15.9. The maximum Gasteiger partial charge on any atom is 0.331 e. The van der Waals surface area contributed by atoms with Gasteiger partial charge in [-0.25, -0.2) is 22.5 Å². The number of nitrogens with one attached hydrogen (secondary N) is 2. The Balaban J connectivity index is 1.88. The first kappa shape index (κ1) is 26.4. The number of imide groups is 2. The minimum atomic E-state index is -1.95. The van der Waals surface area contributed by atoms with Crippen molar-refractivity contribution in [1.29, 1.82) is 0 Å². The molecular formula is C23H31F2N3O5S. The maximum absolute atomic E-state index is 15.8. The molecule has 2 heterocycles. The maximum atomic E-state index is 15.8. The zero-order valence-corrected chi connectivity index (χ0v) is 20.5. The molecule has 0 saturated carbocycles. The Morgan fingerprint density at radius 3 is 2.50 bits per heavy atom. The molecule has 34 heavy (non-hydrogen) atoms. The van der Waals surface area contributed by atoms with Gasteiger partial charge in [-0.15, -0.1) is 0 Å². The number of hydrogen-bond donors (Lipinski definition) is 2. The van der Waals surface area contributed by atoms with E-state index in [0.717, 1.165) is 4.90 Å². The molecule has 0 radical (unpaired) electrons. The molecule has 2 aliphatic heterocycles. The highest BCUT2D eigenvalue weighted by Crippen LogP contribution is 2.31. The topological polar surface area (TPSA) is 105 Å². The van der Waals surface area contributed by atoms with Crippen LogP contribution in [0.4, 0.5) is 13.6 Å². The molecule has 8 nitrogen and oxygen atoms in total. The molecule has 2 saturated heterocycles. The van der Waals surface area contributed by atoms with Gasteiger partial charge in [0, 0.05) is 31.2 Å². The second-order valence-corrected chi connectivity index (χ2v) is 11.6. The summed E-state index contributed by atoms with van der Waals surface area (Å²) in [6, 6.07) is 1.50. The minimum Gasteiger partial charge on any atom is -0.381 e. The van der Waals surface area contributed by atoms with Crippen LogP contribution in [-0.2, 0) is 25.3 Å². The van der Waals surface area contributed by atoms with Crippen molar-refractivity contribution < 1.29 is 32.1 Å². The fraction of sp³-hybridized carbons (Fsp3) is 0.609. The first-order valence-corrected chi connectivity index (χ1v) is 12.4. The van der Waals surface area contributed by atoms with Crippen molar-refractivity contribution in [3.8, 4) is 0 Å². The molecule has 0 aliphatic carbocycles. The zero-order chi connectivity index (χ0) is 25.2. The van der Waals surface area contributed by atoms with Crippen molar-refractivity contribution in [2.75, 3.05) is 13.2 Å². The van der Waals surface area contributed by atoms with Gasteiger partial charge in [0.1, 0.15) is 17.9 Å². The van der Waals surface area contributed by atoms with Crippen LogP contribution < -0.4 is 10.0 Å². The summed E-state index contributed by atoms with van der Waals surface area (Å²) in [7, 11) is -1.76. The number of halogens is 2. The SMILES string of the molecule is Cc1ccc(F)c([C@H](N[S@@](=O)C(C)(C)C)[C@H](F)CC2C(=O)NC(=O)N(C3CCOCC3)C2=O)c1. The van der Waals surface area contributed by atoms with Crippen molar-refractivity contribution >= 4 is 28.8 Å². The van der Waals surface area contributed by atoms with Gasteiger partial charge < -0.3 is 4.74 Å². The van der Waals surface area contributed by atoms with E-state index in [9.17, 15) is 23.0 Å². The fourth-order valence-electron chi connectivity index (χ4n) is 4.02. The molecule has 0 bridgehead atoms. The summed E-state index contributed by atoms with van der Waals surface area (Å²) < 4.78 is 50.4. The lowest BCUT2D eigenvalue weighted by Crippen LogP contribution is -2.62. The number of carbonyl (C=O) groups excluding carboxylic acids is 3. The van der Waals surface area contributed by atoms with Gasteiger partial charge in [0.15, 0.2) is 0 Å². The number of nitrogens with zero attached hydrogens (tertiary/aromatic N) is 1. The Bertz CT molecular complexity index is 978. The van der Waals surface area contributed by atoms with E-state index in [-0.39, 0.29) is 5.56 Å². The van der Waals surface area contributed by atoms with E-state index < -0.39 is 70.0 Å². The molecule has 2 aliphatic rings. The molecule has 4 atom stereocenters. The average Bonchev–Trinajstić information content (AvgIpc) is 2.76. The number of hydrogen-bond acceptors (Lipinski definition) is 5. The van der Waals surface area contributed by atoms with E-state index in [1.54, 1.807) is 27.7 Å². The Kier molecular flexibility index (Phi) is 8.20. The van der Waals surface area contributed by atoms with Crippen LogP contribution in [0.25, 0.3) is 0 Å². The molecule has 3 rings (SSSR count). The number of barbiturate groups is 1. The van der Waals surface area contributed by atoms with E-state index in [2.05, 4.69) is 10.0 Å². The van der Waals surface area contributed by atoms with Crippen molar-refractivity contribution in [3.63, 3.8) is 0 Å². The van der Waals surface area contributed by atoms with E-state index in [1.165, 1.54) is 18.2 Å². The van der Waals surface area contributed by atoms with Gasteiger partial charge in [-0.1, -0.05) is 17.7 Å². The smallest absolute Gasteiger partial charge is 0.331 e. The third kappa shape index (κ3) is 5.87. The molecule has 2 fully saturated rings. The molecule has 1 aromatic carbocycles. The summed E-state index contributed by atoms with van der Waals surface area (Å²) in [5, 5.41) is 2.14. The van der Waals surface area contributed by atoms with Crippen LogP contribution in [0.2, 0.25) is 0 Å². The lowest BCUT2D eigenvalue weighted by molar-refractivity contribution is -0.146. The molecule has 0 spiro atoms. The summed E-state index contributed by atoms with van der Waals surface area (Å²) >= 11 is 0. The van der Waals surface area contributed by atoms with E-state index in [0.29, 0.717) is 31.6 Å². The van der Waals surface area contributed by atoms with Crippen LogP contribution in [0.5, 0.6) is 0 Å². The van der Waals surface area contributed by atoms with E-state index >= 15 is 4.39 Å². The van der Waals surface area contributed by atoms with Gasteiger partial charge in [-0.3, -0.25) is 19.8 Å². The van der Waals surface area contributed by atoms with Crippen LogP contribution in [0.15, 0.2) is 18.2 Å². The first-order valence-electron chi connectivity index (χ1n) is 11.2. The van der Waals surface area contributed by atoms with Crippen molar-refractivity contribution in [3.05, 3.63) is 35.1 Å². The Morgan fingerprint density at radius 1 is 1.24 bits per heavy atom. The normalized spacial score (nSPS) is 22.9. The predicted molar refractivity (Wildman–Crippen MR) is 122 cm³/mol. The summed E-state index contributed by atoms with van der Waals surface area (Å²) in [5.41, 5.74) is 0.617. The molecule has 4 amide bonds. The number of urea groups is 1. The van der Waals surface area contributed by atoms with Gasteiger partial charge in [-0.2, -0.15) is 0 Å². The number of aryl methyl sites for hydroxylation is 1. The van der Waals surface area contributed by atoms with Gasteiger partial charge in [0.25, 0.3) is 0 Å². The van der Waals surface area contributed by atoms with Crippen molar-refractivity contribution in [1.82, 2.24) is 14.9 Å². The number of alkyl halides is 1. The van der Waals surface area contributed by atoms with Crippen LogP contribution in [-0.4, -0.2) is 57.1 Å². The van der Waals surface area contributed by atoms with E-state index in [1.807, 2.05) is 0 Å². The van der Waals surface area contributed by atoms with Crippen LogP contribution >= 0.6 is 0 Å². The summed E-state index contributed by atoms with van der Waals surface area (Å²) in [6.45, 7) is 7.49. The van der Waals surface area contributed by atoms with Crippen LogP contribution in [0.3, 0.4) is 0 Å². The number of amides is 4. The number of benzene rings is 1. The van der Waals surface area contributed by atoms with Gasteiger partial charge in [-0.05, 0) is 46.6 Å². The highest BCUT2D eigenvalue weighted by molar-refractivity contribution is 7.84. The van der Waals surface area contributed by atoms with Gasteiger partial charge in [0.2, 0.25) is 11.8 Å². The predicted octanol–water partition coefficient (Wildman–Crippen LogP) is 2.83. The summed E-state index contributed by atoms with van der Waals surface area (Å²) in [6.07, 6.45) is -1.72. The lowest BCUT2D eigenvalue weighted by atomic mass is 9.90. The quantitative estimate of drug-likeness (QED) is 0.562. The van der Waals surface area contributed by atoms with Crippen LogP contribution in [0, 0.1) is 18.7 Å². The lowest BCUT2D eigenvalue weighted by Gasteiger charge is -2.38. The Labute approximate surface area is 200 Å². The van der Waals surface area contributed by atoms with Crippen molar-refractivity contribution in [2.45, 2.75) is 70.0 Å². The highest BCUT2D eigenvalue weighted by Gasteiger charge is 2.46. The third-order valence-corrected chi connectivity index (χ3v) is 7.54. The van der Waals surface area contributed by atoms with E-state index in [4.69, 9.17) is 4.74 Å². The standard InChI is InChI=1S/C23H31F2N3O5S/c1-13-5-6-17(24)15(11-13)19(27-34(32)23(2,3)4)18(25)12-16-20(29)26-22(31)28(21(16)30)14-7-9-33-10-8-14/h5-6,11,14,16,18-19,27H,7-10,12H2,1-4H3,(H,26,29,31)/t16?,18-,19+,34+/m1/s1. The van der Waals surface area contributed by atoms with Gasteiger partial charge in [0.05, 0.1) is 21.8 Å². The monoisotopic (exact) mass is 499 g/mol. The molecule has 0 aromatic heterocycles. The number of ether oxygens (including phenoxy) is 1. The Hall–Kier alpha value is -2.24. The molecule has 2 N–H and O–H groups in total. The molecule has 11 heteroatoms. The van der Waals surface area contributed by atoms with Crippen molar-refractivity contribution in [2.24, 2.45) is 5.92 Å².